The second-order valence-electron chi connectivity index (χ2n) is 8.52. The third-order valence-electron chi connectivity index (χ3n) is 6.11. The molecule has 0 radical (unpaired) electrons. The van der Waals surface area contributed by atoms with Crippen molar-refractivity contribution in [3.05, 3.63) is 101 Å². The average molecular weight is 542 g/mol. The molecule has 6 rings (SSSR count). The van der Waals surface area contributed by atoms with Gasteiger partial charge in [-0.25, -0.2) is 13.4 Å². The summed E-state index contributed by atoms with van der Waals surface area (Å²) < 4.78 is 26.3. The molecule has 5 aromatic rings. The van der Waals surface area contributed by atoms with Crippen molar-refractivity contribution in [1.82, 2.24) is 20.5 Å². The third-order valence-corrected chi connectivity index (χ3v) is 9.02. The number of hydrogen-bond acceptors (Lipinski definition) is 7. The zero-order chi connectivity index (χ0) is 26.3. The molecule has 3 aromatic carbocycles. The number of sulfone groups is 1. The molecule has 0 atom stereocenters. The Hall–Kier alpha value is -4.61. The topological polar surface area (TPSA) is 134 Å². The molecule has 0 saturated carbocycles. The lowest BCUT2D eigenvalue weighted by atomic mass is 10.1. The number of rotatable bonds is 5. The van der Waals surface area contributed by atoms with Crippen LogP contribution in [-0.2, 0) is 16.4 Å². The number of carbonyl (C=O) groups excluding carboxylic acids is 2. The molecule has 9 nitrogen and oxygen atoms in total. The minimum Gasteiger partial charge on any atom is -0.347 e. The molecule has 1 aliphatic rings. The van der Waals surface area contributed by atoms with Crippen LogP contribution in [0.4, 0.5) is 5.69 Å². The molecular formula is C27H19N5O4S2. The average Bonchev–Trinajstić information content (AvgIpc) is 3.63. The normalized spacial score (nSPS) is 13.6. The van der Waals surface area contributed by atoms with Crippen LogP contribution in [0.2, 0.25) is 0 Å². The van der Waals surface area contributed by atoms with Crippen molar-refractivity contribution in [1.29, 1.82) is 0 Å². The maximum Gasteiger partial charge on any atom is 0.257 e. The molecule has 188 valence electrons. The minimum atomic E-state index is -3.93. The number of benzene rings is 3. The smallest absolute Gasteiger partial charge is 0.257 e. The molecule has 0 bridgehead atoms. The predicted octanol–water partition coefficient (Wildman–Crippen LogP) is 4.53. The summed E-state index contributed by atoms with van der Waals surface area (Å²) in [5.41, 5.74) is 3.16. The number of amides is 2. The molecule has 2 amide bonds. The van der Waals surface area contributed by atoms with Gasteiger partial charge in [-0.05, 0) is 36.4 Å². The first-order chi connectivity index (χ1) is 18.4. The molecule has 1 aliphatic heterocycles. The zero-order valence-corrected chi connectivity index (χ0v) is 21.3. The van der Waals surface area contributed by atoms with Gasteiger partial charge in [-0.1, -0.05) is 36.4 Å². The van der Waals surface area contributed by atoms with E-state index < -0.39 is 21.7 Å². The van der Waals surface area contributed by atoms with Gasteiger partial charge in [-0.15, -0.1) is 11.3 Å². The van der Waals surface area contributed by atoms with E-state index in [4.69, 9.17) is 0 Å². The summed E-state index contributed by atoms with van der Waals surface area (Å²) >= 11 is 1.46. The van der Waals surface area contributed by atoms with Gasteiger partial charge in [0.05, 0.1) is 33.3 Å². The Morgan fingerprint density at radius 3 is 2.53 bits per heavy atom. The Morgan fingerprint density at radius 1 is 0.947 bits per heavy atom. The van der Waals surface area contributed by atoms with E-state index in [0.717, 1.165) is 26.7 Å². The van der Waals surface area contributed by atoms with Gasteiger partial charge in [0.2, 0.25) is 9.84 Å². The second kappa shape index (κ2) is 9.36. The maximum absolute atomic E-state index is 13.1. The number of aromatic amines is 1. The van der Waals surface area contributed by atoms with Crippen LogP contribution in [0.3, 0.4) is 0 Å². The van der Waals surface area contributed by atoms with Crippen molar-refractivity contribution < 1.29 is 18.0 Å². The SMILES string of the molecule is O=C(NCc1cnc(-c2ccc(-c3cc[nH]n3)cc2)s1)c1ccc2c(c1)NC(=O)c1ccccc1S2(=O)=O. The van der Waals surface area contributed by atoms with E-state index in [1.807, 2.05) is 30.3 Å². The molecule has 0 unspecified atom stereocenters. The van der Waals surface area contributed by atoms with Crippen molar-refractivity contribution in [2.24, 2.45) is 0 Å². The number of nitrogens with zero attached hydrogens (tertiary/aromatic N) is 2. The highest BCUT2D eigenvalue weighted by Gasteiger charge is 2.31. The lowest BCUT2D eigenvalue weighted by molar-refractivity contribution is 0.0949. The molecule has 38 heavy (non-hydrogen) atoms. The molecule has 0 aliphatic carbocycles. The minimum absolute atomic E-state index is 0.0576. The first kappa shape index (κ1) is 23.8. The first-order valence-electron chi connectivity index (χ1n) is 11.5. The van der Waals surface area contributed by atoms with Gasteiger partial charge in [0, 0.05) is 34.0 Å². The molecule has 0 fully saturated rings. The van der Waals surface area contributed by atoms with E-state index in [-0.39, 0.29) is 33.2 Å². The summed E-state index contributed by atoms with van der Waals surface area (Å²) in [4.78, 5) is 30.7. The summed E-state index contributed by atoms with van der Waals surface area (Å²) in [6.07, 6.45) is 3.48. The number of hydrogen-bond donors (Lipinski definition) is 3. The third kappa shape index (κ3) is 4.27. The predicted molar refractivity (Wildman–Crippen MR) is 143 cm³/mol. The van der Waals surface area contributed by atoms with Gasteiger partial charge < -0.3 is 10.6 Å². The molecule has 0 saturated heterocycles. The molecular weight excluding hydrogens is 522 g/mol. The number of thiazole rings is 1. The Morgan fingerprint density at radius 2 is 1.74 bits per heavy atom. The molecule has 2 aromatic heterocycles. The Kier molecular flexibility index (Phi) is 5.86. The van der Waals surface area contributed by atoms with Crippen LogP contribution in [0.1, 0.15) is 25.6 Å². The van der Waals surface area contributed by atoms with E-state index in [1.54, 1.807) is 24.5 Å². The van der Waals surface area contributed by atoms with Gasteiger partial charge in [0.25, 0.3) is 11.8 Å². The van der Waals surface area contributed by atoms with Crippen LogP contribution in [0.15, 0.2) is 95.0 Å². The van der Waals surface area contributed by atoms with Crippen molar-refractivity contribution in [3.8, 4) is 21.8 Å². The van der Waals surface area contributed by atoms with Crippen LogP contribution >= 0.6 is 11.3 Å². The molecule has 0 spiro atoms. The maximum atomic E-state index is 13.1. The largest absolute Gasteiger partial charge is 0.347 e. The quantitative estimate of drug-likeness (QED) is 0.299. The van der Waals surface area contributed by atoms with Gasteiger partial charge in [-0.3, -0.25) is 14.7 Å². The van der Waals surface area contributed by atoms with Crippen LogP contribution < -0.4 is 10.6 Å². The number of aromatic nitrogens is 3. The highest BCUT2D eigenvalue weighted by atomic mass is 32.2. The summed E-state index contributed by atoms with van der Waals surface area (Å²) in [5.74, 6) is -0.949. The fraction of sp³-hybridized carbons (Fsp3) is 0.0370. The summed E-state index contributed by atoms with van der Waals surface area (Å²) in [5, 5.41) is 13.3. The molecule has 3 heterocycles. The van der Waals surface area contributed by atoms with E-state index >= 15 is 0 Å². The van der Waals surface area contributed by atoms with Gasteiger partial charge in [0.15, 0.2) is 0 Å². The van der Waals surface area contributed by atoms with Crippen molar-refractivity contribution in [2.45, 2.75) is 16.3 Å². The van der Waals surface area contributed by atoms with Gasteiger partial charge in [-0.2, -0.15) is 5.10 Å². The number of nitrogens with one attached hydrogen (secondary N) is 3. The zero-order valence-electron chi connectivity index (χ0n) is 19.6. The van der Waals surface area contributed by atoms with Crippen molar-refractivity contribution >= 4 is 38.7 Å². The van der Waals surface area contributed by atoms with E-state index in [0.29, 0.717) is 0 Å². The molecule has 11 heteroatoms. The fourth-order valence-electron chi connectivity index (χ4n) is 4.20. The number of carbonyl (C=O) groups is 2. The first-order valence-corrected chi connectivity index (χ1v) is 13.8. The number of fused-ring (bicyclic) bond motifs is 2. The van der Waals surface area contributed by atoms with Crippen LogP contribution in [0.25, 0.3) is 21.8 Å². The van der Waals surface area contributed by atoms with Gasteiger partial charge >= 0.3 is 0 Å². The van der Waals surface area contributed by atoms with Crippen molar-refractivity contribution in [2.75, 3.05) is 5.32 Å². The number of anilines is 1. The van der Waals surface area contributed by atoms with E-state index in [2.05, 4.69) is 25.8 Å². The summed E-state index contributed by atoms with van der Waals surface area (Å²) in [6, 6.07) is 20.0. The van der Waals surface area contributed by atoms with E-state index in [1.165, 1.54) is 41.7 Å². The number of H-pyrrole nitrogens is 1. The summed E-state index contributed by atoms with van der Waals surface area (Å²) in [7, 11) is -3.93. The van der Waals surface area contributed by atoms with E-state index in [9.17, 15) is 18.0 Å². The highest BCUT2D eigenvalue weighted by Crippen LogP contribution is 2.34. The molecule has 3 N–H and O–H groups in total. The highest BCUT2D eigenvalue weighted by molar-refractivity contribution is 7.91. The van der Waals surface area contributed by atoms with Crippen LogP contribution in [0, 0.1) is 0 Å². The summed E-state index contributed by atoms with van der Waals surface area (Å²) in [6.45, 7) is 0.245. The Balaban J connectivity index is 1.17. The standard InChI is InChI=1S/C27H19N5O4S2/c33-25(18-9-10-24-22(13-18)31-26(34)20-3-1-2-4-23(20)38(24,35)36)28-14-19-15-29-27(37-19)17-7-5-16(6-8-17)21-11-12-30-32-21/h1-13,15H,14H2,(H,28,33)(H,30,32)(H,31,34). The second-order valence-corrected chi connectivity index (χ2v) is 11.5. The van der Waals surface area contributed by atoms with Crippen LogP contribution in [-0.4, -0.2) is 35.4 Å². The lowest BCUT2D eigenvalue weighted by Gasteiger charge is -2.10. The van der Waals surface area contributed by atoms with Gasteiger partial charge in [0.1, 0.15) is 5.01 Å². The van der Waals surface area contributed by atoms with Crippen molar-refractivity contribution in [3.63, 3.8) is 0 Å². The fourth-order valence-corrected chi connectivity index (χ4v) is 6.65. The Bertz CT molecular complexity index is 1790. The van der Waals surface area contributed by atoms with Crippen LogP contribution in [0.5, 0.6) is 0 Å². The lowest BCUT2D eigenvalue weighted by Crippen LogP contribution is -2.22. The Labute approximate surface area is 221 Å². The monoisotopic (exact) mass is 541 g/mol.